The highest BCUT2D eigenvalue weighted by molar-refractivity contribution is 6.43. The van der Waals surface area contributed by atoms with Crippen molar-refractivity contribution in [1.29, 1.82) is 0 Å². The first-order valence-corrected chi connectivity index (χ1v) is 18.3. The van der Waals surface area contributed by atoms with Crippen LogP contribution in [0, 0.1) is 31.6 Å². The summed E-state index contributed by atoms with van der Waals surface area (Å²) in [5, 5.41) is 21.5. The number of hydrogen-bond acceptors (Lipinski definition) is 7. The third-order valence-corrected chi connectivity index (χ3v) is 11.5. The molecule has 50 heavy (non-hydrogen) atoms. The van der Waals surface area contributed by atoms with Gasteiger partial charge in [-0.2, -0.15) is 0 Å². The monoisotopic (exact) mass is 673 g/mol. The number of likely N-dealkylation sites (tertiary alicyclic amines) is 2. The molecule has 2 amide bonds. The molecular weight excluding hydrogens is 625 g/mol. The van der Waals surface area contributed by atoms with Crippen LogP contribution < -0.4 is 0 Å². The van der Waals surface area contributed by atoms with E-state index in [0.29, 0.717) is 31.3 Å². The molecule has 4 atom stereocenters. The number of allylic oxidation sites excluding steroid dienone is 2. The Morgan fingerprint density at radius 1 is 1.00 bits per heavy atom. The number of fused-ring (bicyclic) bond motifs is 3. The smallest absolute Gasteiger partial charge is 0.455 e. The van der Waals surface area contributed by atoms with Gasteiger partial charge in [-0.15, -0.1) is 0 Å². The fourth-order valence-corrected chi connectivity index (χ4v) is 9.05. The van der Waals surface area contributed by atoms with Gasteiger partial charge in [-0.3, -0.25) is 24.4 Å². The molecule has 4 aliphatic rings. The van der Waals surface area contributed by atoms with Crippen LogP contribution in [0.2, 0.25) is 6.32 Å². The highest BCUT2D eigenvalue weighted by Gasteiger charge is 2.58. The van der Waals surface area contributed by atoms with Gasteiger partial charge in [0.05, 0.1) is 23.6 Å². The van der Waals surface area contributed by atoms with Gasteiger partial charge in [0, 0.05) is 31.9 Å². The molecule has 0 bridgehead atoms. The average molecular weight is 674 g/mol. The first-order chi connectivity index (χ1) is 24.2. The number of rotatable bonds is 9. The molecule has 2 aromatic carbocycles. The number of nitrogens with zero attached hydrogens (tertiary/aromatic N) is 3. The van der Waals surface area contributed by atoms with Crippen molar-refractivity contribution >= 4 is 30.6 Å². The summed E-state index contributed by atoms with van der Waals surface area (Å²) in [7, 11) is -1.01. The van der Waals surface area contributed by atoms with Crippen molar-refractivity contribution in [3.05, 3.63) is 106 Å². The lowest BCUT2D eigenvalue weighted by Gasteiger charge is -2.43. The average Bonchev–Trinajstić information content (AvgIpc) is 3.38. The lowest BCUT2D eigenvalue weighted by molar-refractivity contribution is -0.144. The molecule has 0 unspecified atom stereocenters. The number of amides is 2. The Kier molecular flexibility index (Phi) is 10.1. The van der Waals surface area contributed by atoms with Gasteiger partial charge in [-0.05, 0) is 128 Å². The molecule has 8 nitrogen and oxygen atoms in total. The van der Waals surface area contributed by atoms with E-state index < -0.39 is 13.0 Å². The van der Waals surface area contributed by atoms with E-state index in [1.807, 2.05) is 50.2 Å². The zero-order valence-corrected chi connectivity index (χ0v) is 29.4. The van der Waals surface area contributed by atoms with Crippen LogP contribution in [-0.4, -0.2) is 69.1 Å². The van der Waals surface area contributed by atoms with Gasteiger partial charge in [0.1, 0.15) is 5.75 Å². The summed E-state index contributed by atoms with van der Waals surface area (Å²) in [5.41, 5.74) is 8.09. The van der Waals surface area contributed by atoms with Crippen LogP contribution in [0.4, 0.5) is 0 Å². The van der Waals surface area contributed by atoms with Gasteiger partial charge < -0.3 is 14.8 Å². The zero-order valence-electron chi connectivity index (χ0n) is 29.4. The topological polar surface area (TPSA) is 103 Å². The predicted molar refractivity (Wildman–Crippen MR) is 196 cm³/mol. The minimum absolute atomic E-state index is 0.0242. The first-order valence-electron chi connectivity index (χ1n) is 18.3. The summed E-state index contributed by atoms with van der Waals surface area (Å²) < 4.78 is 6.29. The van der Waals surface area contributed by atoms with Crippen LogP contribution in [0.3, 0.4) is 0 Å². The van der Waals surface area contributed by atoms with Crippen LogP contribution in [0.15, 0.2) is 78.0 Å². The zero-order chi connectivity index (χ0) is 34.9. The maximum atomic E-state index is 14.3. The van der Waals surface area contributed by atoms with Crippen LogP contribution in [-0.2, 0) is 20.8 Å². The number of phenols is 1. The van der Waals surface area contributed by atoms with Gasteiger partial charge >= 0.3 is 7.12 Å². The molecule has 3 saturated heterocycles. The molecule has 3 fully saturated rings. The van der Waals surface area contributed by atoms with E-state index in [-0.39, 0.29) is 35.8 Å². The summed E-state index contributed by atoms with van der Waals surface area (Å²) in [5.74, 6) is -0.821. The number of imide groups is 1. The number of aryl methyl sites for hydroxylation is 2. The molecule has 4 heterocycles. The second kappa shape index (κ2) is 14.7. The normalized spacial score (nSPS) is 24.9. The van der Waals surface area contributed by atoms with Crippen LogP contribution in [0.5, 0.6) is 5.75 Å². The Hall–Kier alpha value is -4.05. The summed E-state index contributed by atoms with van der Waals surface area (Å²) in [6.45, 7) is 8.50. The molecule has 0 spiro atoms. The van der Waals surface area contributed by atoms with Crippen molar-refractivity contribution in [3.8, 4) is 5.75 Å². The Morgan fingerprint density at radius 2 is 1.72 bits per heavy atom. The van der Waals surface area contributed by atoms with E-state index in [1.54, 1.807) is 11.1 Å². The molecule has 7 rings (SSSR count). The summed E-state index contributed by atoms with van der Waals surface area (Å²) in [4.78, 5) is 37.1. The number of pyridine rings is 1. The third-order valence-electron chi connectivity index (χ3n) is 11.5. The Labute approximate surface area is 296 Å². The van der Waals surface area contributed by atoms with Crippen molar-refractivity contribution in [3.63, 3.8) is 0 Å². The van der Waals surface area contributed by atoms with Crippen molar-refractivity contribution in [2.45, 2.75) is 84.3 Å². The van der Waals surface area contributed by atoms with E-state index in [2.05, 4.69) is 47.1 Å². The number of aromatic hydroxyl groups is 1. The number of carbonyl (C=O) groups excluding carboxylic acids is 2. The second-order valence-electron chi connectivity index (χ2n) is 14.6. The predicted octanol–water partition coefficient (Wildman–Crippen LogP) is 6.60. The van der Waals surface area contributed by atoms with Crippen LogP contribution in [0.1, 0.15) is 73.4 Å². The molecular formula is C41H48BN3O5. The summed E-state index contributed by atoms with van der Waals surface area (Å²) in [6.07, 6.45) is 8.02. The summed E-state index contributed by atoms with van der Waals surface area (Å²) in [6, 6.07) is 20.2. The quantitative estimate of drug-likeness (QED) is 0.150. The molecule has 9 heteroatoms. The first kappa shape index (κ1) is 34.4. The minimum Gasteiger partial charge on any atom is -0.507 e. The summed E-state index contributed by atoms with van der Waals surface area (Å²) >= 11 is 0. The third kappa shape index (κ3) is 6.83. The molecule has 260 valence electrons. The fraction of sp³-hybridized carbons (Fsp3) is 0.439. The van der Waals surface area contributed by atoms with Crippen molar-refractivity contribution in [2.24, 2.45) is 17.8 Å². The van der Waals surface area contributed by atoms with E-state index >= 15 is 0 Å². The SMILES string of the molecule is CCC1=C2[C@@H](CC/C(=C/c3cc(C)c(O)c(C)c3)c3ccccn3)OB(O)C[C@@H]2[C@@H]2C(=O)N(C3CCN(Cc4ccccc4)CC3)C(=O)[C@@H]2C1. The Morgan fingerprint density at radius 3 is 2.40 bits per heavy atom. The minimum atomic E-state index is -1.01. The maximum absolute atomic E-state index is 14.3. The molecule has 1 aliphatic carbocycles. The number of aromatic nitrogens is 1. The number of hydrogen-bond donors (Lipinski definition) is 2. The molecule has 1 aromatic heterocycles. The van der Waals surface area contributed by atoms with Crippen molar-refractivity contribution in [2.75, 3.05) is 13.1 Å². The maximum Gasteiger partial charge on any atom is 0.455 e. The van der Waals surface area contributed by atoms with E-state index in [0.717, 1.165) is 72.4 Å². The number of phenolic OH excluding ortho intramolecular Hbond substituents is 1. The van der Waals surface area contributed by atoms with E-state index in [1.165, 1.54) is 11.1 Å². The molecule has 0 radical (unpaired) electrons. The Balaban J connectivity index is 1.10. The lowest BCUT2D eigenvalue weighted by Crippen LogP contribution is -2.48. The lowest BCUT2D eigenvalue weighted by atomic mass is 9.58. The van der Waals surface area contributed by atoms with Gasteiger partial charge in [0.15, 0.2) is 0 Å². The largest absolute Gasteiger partial charge is 0.507 e. The second-order valence-corrected chi connectivity index (χ2v) is 14.6. The van der Waals surface area contributed by atoms with Crippen LogP contribution >= 0.6 is 0 Å². The highest BCUT2D eigenvalue weighted by atomic mass is 16.5. The van der Waals surface area contributed by atoms with Gasteiger partial charge in [0.25, 0.3) is 0 Å². The van der Waals surface area contributed by atoms with Gasteiger partial charge in [-0.1, -0.05) is 48.9 Å². The van der Waals surface area contributed by atoms with Gasteiger partial charge in [-0.25, -0.2) is 0 Å². The molecule has 3 aromatic rings. The number of benzene rings is 2. The highest BCUT2D eigenvalue weighted by Crippen LogP contribution is 2.52. The van der Waals surface area contributed by atoms with E-state index in [9.17, 15) is 19.7 Å². The Bertz CT molecular complexity index is 1760. The fourth-order valence-electron chi connectivity index (χ4n) is 9.05. The van der Waals surface area contributed by atoms with E-state index in [4.69, 9.17) is 4.65 Å². The number of piperidine rings is 1. The van der Waals surface area contributed by atoms with Gasteiger partial charge in [0.2, 0.25) is 11.8 Å². The van der Waals surface area contributed by atoms with Crippen molar-refractivity contribution < 1.29 is 24.4 Å². The van der Waals surface area contributed by atoms with Crippen LogP contribution in [0.25, 0.3) is 11.6 Å². The van der Waals surface area contributed by atoms with Crippen molar-refractivity contribution in [1.82, 2.24) is 14.8 Å². The standard InChI is InChI=1S/C41H48BN3O5/c1-4-30-23-33-38(41(48)45(40(33)47)32-15-18-44(19-16-32)25-28-10-6-5-7-11-28)34-24-42(49)50-36(37(30)34)14-13-31(35-12-8-9-17-43-35)22-29-20-26(2)39(46)27(3)21-29/h5-12,17,20-22,32-34,36,38,46,49H,4,13-16,18-19,23-25H2,1-3H3/b31-22-/t33-,34+,36-,38-/m1/s1. The molecule has 2 N–H and O–H groups in total. The number of carbonyl (C=O) groups is 2. The molecule has 0 saturated carbocycles. The molecule has 3 aliphatic heterocycles.